The average Bonchev–Trinajstić information content (AvgIpc) is 3.35. The Kier molecular flexibility index (Phi) is 7.66. The number of thioether (sulfide) groups is 1. The molecule has 182 valence electrons. The number of rotatable bonds is 9. The van der Waals surface area contributed by atoms with Gasteiger partial charge in [-0.3, -0.25) is 9.47 Å². The molecular formula is C28H32N4O2S. The highest BCUT2D eigenvalue weighted by molar-refractivity contribution is 7.99. The molecule has 0 amide bonds. The summed E-state index contributed by atoms with van der Waals surface area (Å²) in [5.74, 6) is 2.18. The molecule has 0 spiro atoms. The van der Waals surface area contributed by atoms with Crippen molar-refractivity contribution in [2.75, 3.05) is 25.4 Å². The standard InChI is InChI=1S/C28H32N4O2S/c1-21(31-16-8-3-9-17-31)27-29-30-28(32(27)24-12-4-2-5-13-24)35-20-25(33)19-34-26-15-14-22-10-6-7-11-23(22)18-26/h2,4-7,10-15,18,21,25,33H,3,8-9,16-17,19-20H2,1H3. The minimum atomic E-state index is -0.629. The van der Waals surface area contributed by atoms with Crippen LogP contribution in [-0.2, 0) is 0 Å². The monoisotopic (exact) mass is 488 g/mol. The van der Waals surface area contributed by atoms with E-state index in [2.05, 4.69) is 50.9 Å². The molecule has 1 saturated heterocycles. The molecule has 0 radical (unpaired) electrons. The Labute approximate surface area is 210 Å². The van der Waals surface area contributed by atoms with Gasteiger partial charge in [0, 0.05) is 11.4 Å². The fourth-order valence-electron chi connectivity index (χ4n) is 4.60. The molecule has 2 heterocycles. The van der Waals surface area contributed by atoms with Crippen LogP contribution >= 0.6 is 11.8 Å². The molecule has 2 unspecified atom stereocenters. The summed E-state index contributed by atoms with van der Waals surface area (Å²) < 4.78 is 8.03. The molecule has 2 atom stereocenters. The molecule has 0 aliphatic carbocycles. The summed E-state index contributed by atoms with van der Waals surface area (Å²) in [4.78, 5) is 2.49. The number of fused-ring (bicyclic) bond motifs is 1. The second kappa shape index (κ2) is 11.2. The van der Waals surface area contributed by atoms with E-state index in [1.54, 1.807) is 0 Å². The van der Waals surface area contributed by atoms with Crippen molar-refractivity contribution in [3.05, 3.63) is 78.6 Å². The van der Waals surface area contributed by atoms with Gasteiger partial charge in [0.15, 0.2) is 11.0 Å². The fraction of sp³-hybridized carbons (Fsp3) is 0.357. The van der Waals surface area contributed by atoms with Crippen molar-refractivity contribution in [2.24, 2.45) is 0 Å². The van der Waals surface area contributed by atoms with Gasteiger partial charge in [0.1, 0.15) is 12.4 Å². The SMILES string of the molecule is CC(c1nnc(SCC(O)COc2ccc3ccccc3c2)n1-c1ccccc1)N1CCCCC1. The van der Waals surface area contributed by atoms with Crippen molar-refractivity contribution >= 4 is 22.5 Å². The lowest BCUT2D eigenvalue weighted by molar-refractivity contribution is 0.126. The quantitative estimate of drug-likeness (QED) is 0.314. The summed E-state index contributed by atoms with van der Waals surface area (Å²) in [6.07, 6.45) is 3.13. The minimum Gasteiger partial charge on any atom is -0.491 e. The van der Waals surface area contributed by atoms with E-state index >= 15 is 0 Å². The highest BCUT2D eigenvalue weighted by Gasteiger charge is 2.25. The van der Waals surface area contributed by atoms with E-state index in [4.69, 9.17) is 4.74 Å². The normalized spacial score (nSPS) is 16.3. The second-order valence-electron chi connectivity index (χ2n) is 9.07. The largest absolute Gasteiger partial charge is 0.491 e. The van der Waals surface area contributed by atoms with Crippen molar-refractivity contribution < 1.29 is 9.84 Å². The molecule has 3 aromatic carbocycles. The third kappa shape index (κ3) is 5.69. The molecular weight excluding hydrogens is 456 g/mol. The zero-order chi connectivity index (χ0) is 24.0. The van der Waals surface area contributed by atoms with Gasteiger partial charge in [-0.15, -0.1) is 10.2 Å². The van der Waals surface area contributed by atoms with Gasteiger partial charge < -0.3 is 9.84 Å². The first kappa shape index (κ1) is 23.9. The average molecular weight is 489 g/mol. The first-order valence-electron chi connectivity index (χ1n) is 12.4. The lowest BCUT2D eigenvalue weighted by Crippen LogP contribution is -2.33. The van der Waals surface area contributed by atoms with Crippen molar-refractivity contribution in [3.63, 3.8) is 0 Å². The molecule has 4 aromatic rings. The van der Waals surface area contributed by atoms with Crippen molar-refractivity contribution in [1.29, 1.82) is 0 Å². The highest BCUT2D eigenvalue weighted by atomic mass is 32.2. The molecule has 35 heavy (non-hydrogen) atoms. The molecule has 1 aliphatic rings. The molecule has 1 fully saturated rings. The van der Waals surface area contributed by atoms with Crippen LogP contribution in [0.4, 0.5) is 0 Å². The van der Waals surface area contributed by atoms with Crippen LogP contribution in [0.25, 0.3) is 16.5 Å². The van der Waals surface area contributed by atoms with Crippen LogP contribution < -0.4 is 4.74 Å². The number of para-hydroxylation sites is 1. The van der Waals surface area contributed by atoms with Crippen LogP contribution in [0.5, 0.6) is 5.75 Å². The molecule has 5 rings (SSSR count). The van der Waals surface area contributed by atoms with Crippen molar-refractivity contribution in [2.45, 2.75) is 43.5 Å². The first-order chi connectivity index (χ1) is 17.2. The minimum absolute atomic E-state index is 0.179. The summed E-state index contributed by atoms with van der Waals surface area (Å²) in [6.45, 7) is 4.63. The van der Waals surface area contributed by atoms with Gasteiger partial charge in [-0.05, 0) is 67.9 Å². The number of benzene rings is 3. The third-order valence-corrected chi connectivity index (χ3v) is 7.63. The maximum atomic E-state index is 10.7. The van der Waals surface area contributed by atoms with E-state index in [0.29, 0.717) is 5.75 Å². The third-order valence-electron chi connectivity index (χ3n) is 6.55. The van der Waals surface area contributed by atoms with E-state index in [0.717, 1.165) is 40.9 Å². The second-order valence-corrected chi connectivity index (χ2v) is 10.1. The number of piperidine rings is 1. The summed E-state index contributed by atoms with van der Waals surface area (Å²) in [7, 11) is 0. The predicted octanol–water partition coefficient (Wildman–Crippen LogP) is 5.50. The lowest BCUT2D eigenvalue weighted by Gasteiger charge is -2.31. The lowest BCUT2D eigenvalue weighted by atomic mass is 10.1. The van der Waals surface area contributed by atoms with Crippen molar-refractivity contribution in [3.8, 4) is 11.4 Å². The van der Waals surface area contributed by atoms with Gasteiger partial charge in [0.05, 0.1) is 12.1 Å². The van der Waals surface area contributed by atoms with Gasteiger partial charge >= 0.3 is 0 Å². The summed E-state index contributed by atoms with van der Waals surface area (Å²) in [6, 6.07) is 24.6. The predicted molar refractivity (Wildman–Crippen MR) is 141 cm³/mol. The van der Waals surface area contributed by atoms with Gasteiger partial charge in [-0.2, -0.15) is 0 Å². The smallest absolute Gasteiger partial charge is 0.195 e. The number of nitrogens with zero attached hydrogens (tertiary/aromatic N) is 4. The van der Waals surface area contributed by atoms with Crippen molar-refractivity contribution in [1.82, 2.24) is 19.7 Å². The van der Waals surface area contributed by atoms with Crippen LogP contribution in [-0.4, -0.2) is 56.3 Å². The van der Waals surface area contributed by atoms with Crippen LogP contribution in [0.15, 0.2) is 78.0 Å². The van der Waals surface area contributed by atoms with Crippen LogP contribution in [0.1, 0.15) is 38.1 Å². The zero-order valence-corrected chi connectivity index (χ0v) is 20.9. The summed E-state index contributed by atoms with van der Waals surface area (Å²) in [5.41, 5.74) is 1.04. The molecule has 1 N–H and O–H groups in total. The van der Waals surface area contributed by atoms with E-state index in [1.807, 2.05) is 48.5 Å². The van der Waals surface area contributed by atoms with Gasteiger partial charge in [0.25, 0.3) is 0 Å². The fourth-order valence-corrected chi connectivity index (χ4v) is 5.47. The molecule has 0 saturated carbocycles. The Bertz CT molecular complexity index is 1240. The zero-order valence-electron chi connectivity index (χ0n) is 20.1. The van der Waals surface area contributed by atoms with E-state index < -0.39 is 6.10 Å². The Morgan fingerprint density at radius 2 is 1.66 bits per heavy atom. The van der Waals surface area contributed by atoms with E-state index in [1.165, 1.54) is 36.4 Å². The number of likely N-dealkylation sites (tertiary alicyclic amines) is 1. The number of aliphatic hydroxyl groups excluding tert-OH is 1. The topological polar surface area (TPSA) is 63.4 Å². The first-order valence-corrected chi connectivity index (χ1v) is 13.3. The van der Waals surface area contributed by atoms with Gasteiger partial charge in [-0.1, -0.05) is 66.7 Å². The van der Waals surface area contributed by atoms with Gasteiger partial charge in [0.2, 0.25) is 0 Å². The molecule has 0 bridgehead atoms. The van der Waals surface area contributed by atoms with E-state index in [9.17, 15) is 5.11 Å². The number of hydrogen-bond acceptors (Lipinski definition) is 6. The van der Waals surface area contributed by atoms with Crippen LogP contribution in [0, 0.1) is 0 Å². The molecule has 7 heteroatoms. The highest BCUT2D eigenvalue weighted by Crippen LogP contribution is 2.29. The Balaban J connectivity index is 1.27. The molecule has 1 aliphatic heterocycles. The number of aliphatic hydroxyl groups is 1. The summed E-state index contributed by atoms with van der Waals surface area (Å²) >= 11 is 1.51. The summed E-state index contributed by atoms with van der Waals surface area (Å²) in [5, 5.41) is 22.9. The van der Waals surface area contributed by atoms with Crippen LogP contribution in [0.2, 0.25) is 0 Å². The maximum Gasteiger partial charge on any atom is 0.195 e. The molecule has 1 aromatic heterocycles. The van der Waals surface area contributed by atoms with Crippen LogP contribution in [0.3, 0.4) is 0 Å². The number of hydrogen-bond donors (Lipinski definition) is 1. The Hall–Kier alpha value is -2.87. The Morgan fingerprint density at radius 1 is 0.914 bits per heavy atom. The molecule has 6 nitrogen and oxygen atoms in total. The number of aromatic nitrogens is 3. The number of ether oxygens (including phenoxy) is 1. The maximum absolute atomic E-state index is 10.7. The van der Waals surface area contributed by atoms with Gasteiger partial charge in [-0.25, -0.2) is 0 Å². The van der Waals surface area contributed by atoms with E-state index in [-0.39, 0.29) is 12.6 Å². The Morgan fingerprint density at radius 3 is 2.46 bits per heavy atom.